The number of anilines is 1. The van der Waals surface area contributed by atoms with Crippen LogP contribution in [0.25, 0.3) is 10.9 Å². The van der Waals surface area contributed by atoms with Crippen molar-refractivity contribution < 1.29 is 9.32 Å². The zero-order valence-electron chi connectivity index (χ0n) is 14.6. The molecule has 0 aliphatic rings. The standard InChI is InChI=1S/C19H17N5O2/c1-19(2,3)17-10-15(24-26-17)18(25)16(11-20)23-22-13-6-7-14-12(9-13)5-4-8-21-14/h4-10,22H,1-3H3/b23-16+. The molecule has 0 amide bonds. The first kappa shape index (κ1) is 17.3. The van der Waals surface area contributed by atoms with Crippen molar-refractivity contribution in [2.24, 2.45) is 5.10 Å². The van der Waals surface area contributed by atoms with Gasteiger partial charge in [0.05, 0.1) is 11.2 Å². The zero-order valence-corrected chi connectivity index (χ0v) is 14.6. The van der Waals surface area contributed by atoms with E-state index in [1.54, 1.807) is 18.3 Å². The van der Waals surface area contributed by atoms with Gasteiger partial charge in [-0.2, -0.15) is 10.4 Å². The lowest BCUT2D eigenvalue weighted by atomic mass is 9.93. The van der Waals surface area contributed by atoms with Crippen LogP contribution in [-0.2, 0) is 5.41 Å². The first-order chi connectivity index (χ1) is 12.4. The zero-order chi connectivity index (χ0) is 18.7. The Balaban J connectivity index is 1.82. The van der Waals surface area contributed by atoms with Crippen LogP contribution >= 0.6 is 0 Å². The van der Waals surface area contributed by atoms with E-state index in [1.807, 2.05) is 45.0 Å². The average molecular weight is 347 g/mol. The Morgan fingerprint density at radius 3 is 2.77 bits per heavy atom. The largest absolute Gasteiger partial charge is 0.360 e. The van der Waals surface area contributed by atoms with Crippen molar-refractivity contribution in [1.29, 1.82) is 5.26 Å². The van der Waals surface area contributed by atoms with Crippen LogP contribution in [0, 0.1) is 11.3 Å². The summed E-state index contributed by atoms with van der Waals surface area (Å²) in [5.41, 5.74) is 3.69. The van der Waals surface area contributed by atoms with E-state index in [9.17, 15) is 10.1 Å². The smallest absolute Gasteiger partial charge is 0.245 e. The quantitative estimate of drug-likeness (QED) is 0.438. The summed E-state index contributed by atoms with van der Waals surface area (Å²) < 4.78 is 5.19. The molecule has 0 aliphatic carbocycles. The number of nitrogens with one attached hydrogen (secondary N) is 1. The van der Waals surface area contributed by atoms with Crippen LogP contribution < -0.4 is 5.43 Å². The molecule has 7 heteroatoms. The van der Waals surface area contributed by atoms with Gasteiger partial charge in [-0.3, -0.25) is 15.2 Å². The maximum absolute atomic E-state index is 12.4. The summed E-state index contributed by atoms with van der Waals surface area (Å²) in [6, 6.07) is 12.5. The highest BCUT2D eigenvalue weighted by Gasteiger charge is 2.24. The molecule has 0 aliphatic heterocycles. The van der Waals surface area contributed by atoms with Crippen molar-refractivity contribution in [2.45, 2.75) is 26.2 Å². The number of carbonyl (C=O) groups is 1. The topological polar surface area (TPSA) is 104 Å². The molecule has 0 radical (unpaired) electrons. The molecule has 7 nitrogen and oxygen atoms in total. The molecule has 2 heterocycles. The van der Waals surface area contributed by atoms with Crippen molar-refractivity contribution in [1.82, 2.24) is 10.1 Å². The third-order valence-corrected chi connectivity index (χ3v) is 3.70. The number of carbonyl (C=O) groups excluding carboxylic acids is 1. The van der Waals surface area contributed by atoms with Crippen LogP contribution in [0.5, 0.6) is 0 Å². The Morgan fingerprint density at radius 2 is 2.08 bits per heavy atom. The Kier molecular flexibility index (Phi) is 4.50. The van der Waals surface area contributed by atoms with Gasteiger partial charge in [0.15, 0.2) is 5.69 Å². The number of pyridine rings is 1. The molecule has 130 valence electrons. The van der Waals surface area contributed by atoms with E-state index in [-0.39, 0.29) is 16.8 Å². The molecule has 1 aromatic carbocycles. The summed E-state index contributed by atoms with van der Waals surface area (Å²) in [5, 5.41) is 17.9. The molecule has 3 aromatic rings. The number of nitrogens with zero attached hydrogens (tertiary/aromatic N) is 4. The molecule has 0 spiro atoms. The van der Waals surface area contributed by atoms with Gasteiger partial charge in [-0.1, -0.05) is 32.0 Å². The number of ketones is 1. The highest BCUT2D eigenvalue weighted by molar-refractivity contribution is 6.51. The maximum Gasteiger partial charge on any atom is 0.245 e. The summed E-state index contributed by atoms with van der Waals surface area (Å²) in [5.74, 6) is -0.0326. The lowest BCUT2D eigenvalue weighted by molar-refractivity contribution is 0.105. The van der Waals surface area contributed by atoms with Crippen LogP contribution in [0.1, 0.15) is 37.0 Å². The number of hydrazone groups is 1. The van der Waals surface area contributed by atoms with Crippen LogP contribution in [0.3, 0.4) is 0 Å². The minimum atomic E-state index is -0.596. The van der Waals surface area contributed by atoms with Crippen molar-refractivity contribution in [2.75, 3.05) is 5.43 Å². The van der Waals surface area contributed by atoms with Crippen LogP contribution in [0.15, 0.2) is 52.2 Å². The third-order valence-electron chi connectivity index (χ3n) is 3.70. The number of benzene rings is 1. The molecule has 0 saturated carbocycles. The third kappa shape index (κ3) is 3.59. The Morgan fingerprint density at radius 1 is 1.27 bits per heavy atom. The van der Waals surface area contributed by atoms with Gasteiger partial charge < -0.3 is 4.52 Å². The molecule has 2 aromatic heterocycles. The van der Waals surface area contributed by atoms with E-state index in [1.165, 1.54) is 6.07 Å². The van der Waals surface area contributed by atoms with Crippen LogP contribution in [0.2, 0.25) is 0 Å². The SMILES string of the molecule is CC(C)(C)c1cc(C(=O)/C(C#N)=N/Nc2ccc3ncccc3c2)no1. The second-order valence-corrected chi connectivity index (χ2v) is 6.75. The Hall–Kier alpha value is -3.53. The fraction of sp³-hybridized carbons (Fsp3) is 0.211. The number of nitriles is 1. The predicted molar refractivity (Wildman–Crippen MR) is 97.9 cm³/mol. The highest BCUT2D eigenvalue weighted by Crippen LogP contribution is 2.23. The lowest BCUT2D eigenvalue weighted by Gasteiger charge is -2.11. The summed E-state index contributed by atoms with van der Waals surface area (Å²) >= 11 is 0. The van der Waals surface area contributed by atoms with Gasteiger partial charge in [-0.05, 0) is 24.3 Å². The van der Waals surface area contributed by atoms with Gasteiger partial charge in [0.25, 0.3) is 0 Å². The molecule has 0 bridgehead atoms. The normalized spacial score (nSPS) is 12.0. The summed E-state index contributed by atoms with van der Waals surface area (Å²) in [4.78, 5) is 16.7. The van der Waals surface area contributed by atoms with Gasteiger partial charge in [-0.15, -0.1) is 0 Å². The first-order valence-corrected chi connectivity index (χ1v) is 7.99. The Bertz CT molecular complexity index is 1040. The fourth-order valence-corrected chi connectivity index (χ4v) is 2.25. The molecule has 0 unspecified atom stereocenters. The minimum absolute atomic E-state index is 0.0553. The molecule has 0 fully saturated rings. The van der Waals surface area contributed by atoms with E-state index in [0.717, 1.165) is 10.9 Å². The first-order valence-electron chi connectivity index (χ1n) is 7.99. The van der Waals surface area contributed by atoms with Gasteiger partial charge in [-0.25, -0.2) is 0 Å². The molecule has 0 atom stereocenters. The van der Waals surface area contributed by atoms with Crippen molar-refractivity contribution in [3.05, 3.63) is 54.0 Å². The van der Waals surface area contributed by atoms with E-state index in [2.05, 4.69) is 20.7 Å². The van der Waals surface area contributed by atoms with Gasteiger partial charge in [0, 0.05) is 23.1 Å². The molecular weight excluding hydrogens is 330 g/mol. The number of aromatic nitrogens is 2. The second kappa shape index (κ2) is 6.76. The molecule has 26 heavy (non-hydrogen) atoms. The van der Waals surface area contributed by atoms with Crippen LogP contribution in [-0.4, -0.2) is 21.6 Å². The number of Topliss-reactive ketones (excluding diaryl/α,β-unsaturated/α-hetero) is 1. The van der Waals surface area contributed by atoms with E-state index < -0.39 is 5.78 Å². The highest BCUT2D eigenvalue weighted by atomic mass is 16.5. The monoisotopic (exact) mass is 347 g/mol. The number of fused-ring (bicyclic) bond motifs is 1. The number of hydrogen-bond donors (Lipinski definition) is 1. The Labute approximate surface area is 150 Å². The lowest BCUT2D eigenvalue weighted by Crippen LogP contribution is -2.15. The molecule has 1 N–H and O–H groups in total. The maximum atomic E-state index is 12.4. The van der Waals surface area contributed by atoms with E-state index in [0.29, 0.717) is 11.4 Å². The number of hydrogen-bond acceptors (Lipinski definition) is 7. The van der Waals surface area contributed by atoms with Crippen molar-refractivity contribution >= 4 is 28.1 Å². The van der Waals surface area contributed by atoms with Crippen molar-refractivity contribution in [3.8, 4) is 6.07 Å². The fourth-order valence-electron chi connectivity index (χ4n) is 2.25. The second-order valence-electron chi connectivity index (χ2n) is 6.75. The predicted octanol–water partition coefficient (Wildman–Crippen LogP) is 3.69. The molecule has 0 saturated heterocycles. The van der Waals surface area contributed by atoms with Gasteiger partial charge >= 0.3 is 0 Å². The molecule has 3 rings (SSSR count). The number of rotatable bonds is 4. The van der Waals surface area contributed by atoms with Gasteiger partial charge in [0.2, 0.25) is 11.5 Å². The van der Waals surface area contributed by atoms with E-state index in [4.69, 9.17) is 4.52 Å². The summed E-state index contributed by atoms with van der Waals surface area (Å²) in [7, 11) is 0. The van der Waals surface area contributed by atoms with Crippen molar-refractivity contribution in [3.63, 3.8) is 0 Å². The van der Waals surface area contributed by atoms with Gasteiger partial charge in [0.1, 0.15) is 11.8 Å². The van der Waals surface area contributed by atoms with E-state index >= 15 is 0 Å². The van der Waals surface area contributed by atoms with Crippen LogP contribution in [0.4, 0.5) is 5.69 Å². The minimum Gasteiger partial charge on any atom is -0.360 e. The molecular formula is C19H17N5O2. The summed E-state index contributed by atoms with van der Waals surface area (Å²) in [6.07, 6.45) is 1.71. The average Bonchev–Trinajstić information content (AvgIpc) is 3.12. The summed E-state index contributed by atoms with van der Waals surface area (Å²) in [6.45, 7) is 5.83.